The summed E-state index contributed by atoms with van der Waals surface area (Å²) in [5.74, 6) is 2.20. The number of oxazole rings is 1. The third-order valence-corrected chi connectivity index (χ3v) is 4.40. The third-order valence-electron chi connectivity index (χ3n) is 4.40. The van der Waals surface area contributed by atoms with Gasteiger partial charge in [0.1, 0.15) is 11.5 Å². The first-order chi connectivity index (χ1) is 13.2. The summed E-state index contributed by atoms with van der Waals surface area (Å²) in [7, 11) is 1.64. The lowest BCUT2D eigenvalue weighted by atomic mass is 10.1. The van der Waals surface area contributed by atoms with Crippen molar-refractivity contribution >= 4 is 5.91 Å². The Morgan fingerprint density at radius 2 is 1.81 bits per heavy atom. The van der Waals surface area contributed by atoms with Gasteiger partial charge in [-0.25, -0.2) is 4.98 Å². The number of carbonyl (C=O) groups is 1. The molecule has 1 N–H and O–H groups in total. The van der Waals surface area contributed by atoms with Crippen LogP contribution in [0.1, 0.15) is 23.4 Å². The lowest BCUT2D eigenvalue weighted by molar-refractivity contribution is -0.121. The van der Waals surface area contributed by atoms with Crippen molar-refractivity contribution in [3.8, 4) is 17.2 Å². The van der Waals surface area contributed by atoms with E-state index >= 15 is 0 Å². The Morgan fingerprint density at radius 3 is 2.52 bits per heavy atom. The number of methoxy groups -OCH3 is 1. The molecule has 0 spiro atoms. The van der Waals surface area contributed by atoms with E-state index in [2.05, 4.69) is 10.3 Å². The smallest absolute Gasteiger partial charge is 0.226 e. The molecule has 0 aliphatic carbocycles. The molecule has 0 radical (unpaired) electrons. The van der Waals surface area contributed by atoms with Crippen molar-refractivity contribution in [2.75, 3.05) is 13.7 Å². The molecule has 0 bridgehead atoms. The number of ether oxygens (including phenoxy) is 1. The Kier molecular flexibility index (Phi) is 6.26. The van der Waals surface area contributed by atoms with Crippen molar-refractivity contribution in [2.45, 2.75) is 26.2 Å². The predicted octanol–water partition coefficient (Wildman–Crippen LogP) is 3.95. The van der Waals surface area contributed by atoms with Crippen LogP contribution in [0.15, 0.2) is 59.0 Å². The Balaban J connectivity index is 1.49. The van der Waals surface area contributed by atoms with E-state index in [1.54, 1.807) is 7.11 Å². The van der Waals surface area contributed by atoms with Crippen LogP contribution in [0, 0.1) is 6.92 Å². The number of aromatic nitrogens is 1. The van der Waals surface area contributed by atoms with E-state index in [4.69, 9.17) is 9.15 Å². The average Bonchev–Trinajstić information content (AvgIpc) is 3.08. The SMILES string of the molecule is COc1ccc(-c2nc(CCNC(=O)CCc3ccccc3)c(C)o2)cc1. The number of nitrogens with one attached hydrogen (secondary N) is 1. The summed E-state index contributed by atoms with van der Waals surface area (Å²) in [6.45, 7) is 2.44. The Morgan fingerprint density at radius 1 is 1.07 bits per heavy atom. The van der Waals surface area contributed by atoms with E-state index in [1.165, 1.54) is 5.56 Å². The normalized spacial score (nSPS) is 10.6. The van der Waals surface area contributed by atoms with E-state index in [-0.39, 0.29) is 5.91 Å². The van der Waals surface area contributed by atoms with Gasteiger partial charge in [0.25, 0.3) is 0 Å². The summed E-state index contributed by atoms with van der Waals surface area (Å²) in [4.78, 5) is 16.6. The van der Waals surface area contributed by atoms with Crippen LogP contribution in [0.4, 0.5) is 0 Å². The Labute approximate surface area is 159 Å². The average molecular weight is 364 g/mol. The van der Waals surface area contributed by atoms with Gasteiger partial charge in [-0.3, -0.25) is 4.79 Å². The Hall–Kier alpha value is -3.08. The summed E-state index contributed by atoms with van der Waals surface area (Å²) < 4.78 is 10.9. The number of rotatable bonds is 8. The molecular formula is C22H24N2O3. The van der Waals surface area contributed by atoms with Crippen LogP contribution in [0.25, 0.3) is 11.5 Å². The van der Waals surface area contributed by atoms with E-state index in [9.17, 15) is 4.79 Å². The number of amides is 1. The van der Waals surface area contributed by atoms with Crippen molar-refractivity contribution in [3.63, 3.8) is 0 Å². The highest BCUT2D eigenvalue weighted by Gasteiger charge is 2.12. The van der Waals surface area contributed by atoms with Gasteiger partial charge < -0.3 is 14.5 Å². The number of carbonyl (C=O) groups excluding carboxylic acids is 1. The topological polar surface area (TPSA) is 64.4 Å². The number of nitrogens with zero attached hydrogens (tertiary/aromatic N) is 1. The van der Waals surface area contributed by atoms with Crippen molar-refractivity contribution in [2.24, 2.45) is 0 Å². The molecule has 0 aliphatic rings. The molecular weight excluding hydrogens is 340 g/mol. The van der Waals surface area contributed by atoms with Crippen LogP contribution >= 0.6 is 0 Å². The maximum Gasteiger partial charge on any atom is 0.226 e. The Bertz CT molecular complexity index is 870. The first-order valence-corrected chi connectivity index (χ1v) is 9.07. The van der Waals surface area contributed by atoms with Gasteiger partial charge in [-0.1, -0.05) is 30.3 Å². The molecule has 5 heteroatoms. The minimum absolute atomic E-state index is 0.0513. The van der Waals surface area contributed by atoms with Crippen molar-refractivity contribution in [1.82, 2.24) is 10.3 Å². The van der Waals surface area contributed by atoms with E-state index in [0.29, 0.717) is 25.3 Å². The van der Waals surface area contributed by atoms with Crippen LogP contribution in [0.5, 0.6) is 5.75 Å². The minimum atomic E-state index is 0.0513. The quantitative estimate of drug-likeness (QED) is 0.657. The molecule has 0 saturated heterocycles. The summed E-state index contributed by atoms with van der Waals surface area (Å²) in [5, 5.41) is 2.96. The highest BCUT2D eigenvalue weighted by atomic mass is 16.5. The molecule has 0 fully saturated rings. The molecule has 2 aromatic carbocycles. The number of benzene rings is 2. The summed E-state index contributed by atoms with van der Waals surface area (Å²) >= 11 is 0. The molecule has 3 aromatic rings. The lowest BCUT2D eigenvalue weighted by Gasteiger charge is -2.04. The van der Waals surface area contributed by atoms with Gasteiger partial charge in [0.15, 0.2) is 0 Å². The molecule has 27 heavy (non-hydrogen) atoms. The standard InChI is InChI=1S/C22H24N2O3/c1-16-20(24-22(27-16)18-9-11-19(26-2)12-10-18)14-15-23-21(25)13-8-17-6-4-3-5-7-17/h3-7,9-12H,8,13-15H2,1-2H3,(H,23,25). The second-order valence-electron chi connectivity index (χ2n) is 6.34. The molecule has 0 aliphatic heterocycles. The monoisotopic (exact) mass is 364 g/mol. The largest absolute Gasteiger partial charge is 0.497 e. The van der Waals surface area contributed by atoms with Crippen LogP contribution < -0.4 is 10.1 Å². The zero-order chi connectivity index (χ0) is 19.1. The van der Waals surface area contributed by atoms with Gasteiger partial charge >= 0.3 is 0 Å². The first kappa shape index (κ1) is 18.7. The summed E-state index contributed by atoms with van der Waals surface area (Å²) in [5.41, 5.74) is 2.94. The lowest BCUT2D eigenvalue weighted by Crippen LogP contribution is -2.26. The molecule has 1 aromatic heterocycles. The fourth-order valence-corrected chi connectivity index (χ4v) is 2.83. The molecule has 1 amide bonds. The summed E-state index contributed by atoms with van der Waals surface area (Å²) in [6, 6.07) is 17.6. The van der Waals surface area contributed by atoms with Gasteiger partial charge in [0, 0.05) is 24.9 Å². The first-order valence-electron chi connectivity index (χ1n) is 9.07. The van der Waals surface area contributed by atoms with Gasteiger partial charge in [-0.05, 0) is 43.2 Å². The van der Waals surface area contributed by atoms with Crippen LogP contribution in [-0.4, -0.2) is 24.5 Å². The van der Waals surface area contributed by atoms with Gasteiger partial charge in [-0.2, -0.15) is 0 Å². The third kappa shape index (κ3) is 5.20. The number of hydrogen-bond donors (Lipinski definition) is 1. The number of aryl methyl sites for hydroxylation is 2. The van der Waals surface area contributed by atoms with Crippen LogP contribution in [-0.2, 0) is 17.6 Å². The highest BCUT2D eigenvalue weighted by Crippen LogP contribution is 2.24. The zero-order valence-electron chi connectivity index (χ0n) is 15.7. The maximum absolute atomic E-state index is 12.0. The van der Waals surface area contributed by atoms with E-state index in [1.807, 2.05) is 61.5 Å². The fraction of sp³-hybridized carbons (Fsp3) is 0.273. The second kappa shape index (κ2) is 9.03. The van der Waals surface area contributed by atoms with Gasteiger partial charge in [0.2, 0.25) is 11.8 Å². The number of hydrogen-bond acceptors (Lipinski definition) is 4. The van der Waals surface area contributed by atoms with Crippen molar-refractivity contribution in [1.29, 1.82) is 0 Å². The van der Waals surface area contributed by atoms with Crippen LogP contribution in [0.3, 0.4) is 0 Å². The van der Waals surface area contributed by atoms with Gasteiger partial charge in [-0.15, -0.1) is 0 Å². The van der Waals surface area contributed by atoms with Crippen molar-refractivity contribution < 1.29 is 13.9 Å². The maximum atomic E-state index is 12.0. The molecule has 3 rings (SSSR count). The molecule has 0 atom stereocenters. The van der Waals surface area contributed by atoms with Gasteiger partial charge in [0.05, 0.1) is 12.8 Å². The van der Waals surface area contributed by atoms with Crippen molar-refractivity contribution in [3.05, 3.63) is 71.6 Å². The van der Waals surface area contributed by atoms with E-state index < -0.39 is 0 Å². The highest BCUT2D eigenvalue weighted by molar-refractivity contribution is 5.76. The summed E-state index contributed by atoms with van der Waals surface area (Å²) in [6.07, 6.45) is 1.87. The fourth-order valence-electron chi connectivity index (χ4n) is 2.83. The predicted molar refractivity (Wildman–Crippen MR) is 105 cm³/mol. The molecule has 140 valence electrons. The van der Waals surface area contributed by atoms with Crippen LogP contribution in [0.2, 0.25) is 0 Å². The van der Waals surface area contributed by atoms with E-state index in [0.717, 1.165) is 29.2 Å². The molecule has 0 unspecified atom stereocenters. The second-order valence-corrected chi connectivity index (χ2v) is 6.34. The zero-order valence-corrected chi connectivity index (χ0v) is 15.7. The molecule has 5 nitrogen and oxygen atoms in total. The molecule has 1 heterocycles. The molecule has 0 saturated carbocycles. The minimum Gasteiger partial charge on any atom is -0.497 e.